The maximum Gasteiger partial charge on any atom is 0.225 e. The molecule has 0 spiro atoms. The predicted molar refractivity (Wildman–Crippen MR) is 65.6 cm³/mol. The van der Waals surface area contributed by atoms with Crippen LogP contribution in [0.3, 0.4) is 0 Å². The highest BCUT2D eigenvalue weighted by atomic mass is 15.2. The van der Waals surface area contributed by atoms with Crippen LogP contribution in [0, 0.1) is 12.8 Å². The zero-order valence-electron chi connectivity index (χ0n) is 10.1. The molecule has 2 heterocycles. The number of piperidine rings is 1. The Kier molecular flexibility index (Phi) is 3.72. The fourth-order valence-electron chi connectivity index (χ4n) is 2.17. The lowest BCUT2D eigenvalue weighted by Crippen LogP contribution is -2.37. The molecule has 4 heteroatoms. The number of nitrogens with one attached hydrogen (secondary N) is 1. The SMILES string of the molecule is Cc1ccnc(N(C)C[C@@H]2CCCNC2)n1. The molecule has 0 aromatic carbocycles. The van der Waals surface area contributed by atoms with Crippen LogP contribution in [0.25, 0.3) is 0 Å². The molecule has 0 aliphatic carbocycles. The van der Waals surface area contributed by atoms with E-state index in [-0.39, 0.29) is 0 Å². The molecule has 2 rings (SSSR count). The van der Waals surface area contributed by atoms with Crippen molar-refractivity contribution < 1.29 is 0 Å². The van der Waals surface area contributed by atoms with E-state index < -0.39 is 0 Å². The van der Waals surface area contributed by atoms with Crippen LogP contribution in [0.5, 0.6) is 0 Å². The van der Waals surface area contributed by atoms with Gasteiger partial charge in [0.1, 0.15) is 0 Å². The average molecular weight is 220 g/mol. The monoisotopic (exact) mass is 220 g/mol. The number of hydrogen-bond acceptors (Lipinski definition) is 4. The third kappa shape index (κ3) is 2.92. The van der Waals surface area contributed by atoms with Crippen molar-refractivity contribution in [3.8, 4) is 0 Å². The van der Waals surface area contributed by atoms with E-state index in [1.807, 2.05) is 19.2 Å². The Morgan fingerprint density at radius 1 is 1.56 bits per heavy atom. The van der Waals surface area contributed by atoms with Gasteiger partial charge in [0.2, 0.25) is 5.95 Å². The van der Waals surface area contributed by atoms with Gasteiger partial charge in [0.05, 0.1) is 0 Å². The molecule has 1 aliphatic rings. The van der Waals surface area contributed by atoms with E-state index in [1.165, 1.54) is 19.4 Å². The van der Waals surface area contributed by atoms with Crippen molar-refractivity contribution in [3.63, 3.8) is 0 Å². The summed E-state index contributed by atoms with van der Waals surface area (Å²) in [6.45, 7) is 5.33. The standard InChI is InChI=1S/C12H20N4/c1-10-5-7-14-12(15-10)16(2)9-11-4-3-6-13-8-11/h5,7,11,13H,3-4,6,8-9H2,1-2H3/t11-/m1/s1. The van der Waals surface area contributed by atoms with Crippen molar-refractivity contribution in [2.45, 2.75) is 19.8 Å². The molecule has 88 valence electrons. The second kappa shape index (κ2) is 5.25. The molecule has 0 radical (unpaired) electrons. The second-order valence-electron chi connectivity index (χ2n) is 4.59. The van der Waals surface area contributed by atoms with Gasteiger partial charge in [-0.25, -0.2) is 9.97 Å². The van der Waals surface area contributed by atoms with Crippen molar-refractivity contribution in [1.29, 1.82) is 0 Å². The van der Waals surface area contributed by atoms with Gasteiger partial charge < -0.3 is 10.2 Å². The van der Waals surface area contributed by atoms with E-state index >= 15 is 0 Å². The van der Waals surface area contributed by atoms with E-state index in [9.17, 15) is 0 Å². The molecule has 1 aromatic rings. The molecule has 1 N–H and O–H groups in total. The quantitative estimate of drug-likeness (QED) is 0.831. The van der Waals surface area contributed by atoms with Crippen molar-refractivity contribution in [3.05, 3.63) is 18.0 Å². The molecule has 0 bridgehead atoms. The van der Waals surface area contributed by atoms with Crippen molar-refractivity contribution in [1.82, 2.24) is 15.3 Å². The summed E-state index contributed by atoms with van der Waals surface area (Å²) in [5, 5.41) is 3.44. The molecule has 1 aromatic heterocycles. The van der Waals surface area contributed by atoms with Crippen LogP contribution < -0.4 is 10.2 Å². The number of hydrogen-bond donors (Lipinski definition) is 1. The lowest BCUT2D eigenvalue weighted by molar-refractivity contribution is 0.380. The molecule has 1 fully saturated rings. The number of aromatic nitrogens is 2. The minimum absolute atomic E-state index is 0.725. The largest absolute Gasteiger partial charge is 0.344 e. The summed E-state index contributed by atoms with van der Waals surface area (Å²) in [4.78, 5) is 10.9. The third-order valence-corrected chi connectivity index (χ3v) is 3.05. The summed E-state index contributed by atoms with van der Waals surface area (Å²) in [7, 11) is 2.07. The molecule has 0 saturated carbocycles. The van der Waals surface area contributed by atoms with Gasteiger partial charge in [0.15, 0.2) is 0 Å². The average Bonchev–Trinajstić information content (AvgIpc) is 2.30. The minimum Gasteiger partial charge on any atom is -0.344 e. The van der Waals surface area contributed by atoms with Gasteiger partial charge >= 0.3 is 0 Å². The number of nitrogens with zero attached hydrogens (tertiary/aromatic N) is 3. The van der Waals surface area contributed by atoms with Gasteiger partial charge in [0, 0.05) is 25.5 Å². The fourth-order valence-corrected chi connectivity index (χ4v) is 2.17. The summed E-state index contributed by atoms with van der Waals surface area (Å²) in [6, 6.07) is 1.93. The number of rotatable bonds is 3. The first-order valence-electron chi connectivity index (χ1n) is 5.97. The first-order valence-corrected chi connectivity index (χ1v) is 5.97. The maximum absolute atomic E-state index is 4.43. The van der Waals surface area contributed by atoms with E-state index in [0.29, 0.717) is 0 Å². The normalized spacial score (nSPS) is 20.8. The van der Waals surface area contributed by atoms with Crippen molar-refractivity contribution in [2.24, 2.45) is 5.92 Å². The van der Waals surface area contributed by atoms with Crippen LogP contribution in [-0.2, 0) is 0 Å². The van der Waals surface area contributed by atoms with E-state index in [0.717, 1.165) is 30.6 Å². The first kappa shape index (κ1) is 11.3. The Morgan fingerprint density at radius 3 is 3.12 bits per heavy atom. The number of aryl methyl sites for hydroxylation is 1. The Morgan fingerprint density at radius 2 is 2.44 bits per heavy atom. The fraction of sp³-hybridized carbons (Fsp3) is 0.667. The first-order chi connectivity index (χ1) is 7.75. The summed E-state index contributed by atoms with van der Waals surface area (Å²) in [5.41, 5.74) is 1.03. The van der Waals surface area contributed by atoms with Crippen LogP contribution >= 0.6 is 0 Å². The zero-order valence-corrected chi connectivity index (χ0v) is 10.1. The Labute approximate surface area is 97.1 Å². The lowest BCUT2D eigenvalue weighted by atomic mass is 9.99. The summed E-state index contributed by atoms with van der Waals surface area (Å²) in [6.07, 6.45) is 4.42. The number of anilines is 1. The van der Waals surface area contributed by atoms with Crippen LogP contribution in [-0.4, -0.2) is 36.6 Å². The topological polar surface area (TPSA) is 41.1 Å². The highest BCUT2D eigenvalue weighted by Gasteiger charge is 2.16. The van der Waals surface area contributed by atoms with Gasteiger partial charge in [-0.15, -0.1) is 0 Å². The lowest BCUT2D eigenvalue weighted by Gasteiger charge is -2.27. The van der Waals surface area contributed by atoms with E-state index in [4.69, 9.17) is 0 Å². The second-order valence-corrected chi connectivity index (χ2v) is 4.59. The summed E-state index contributed by atoms with van der Waals surface area (Å²) < 4.78 is 0. The maximum atomic E-state index is 4.43. The van der Waals surface area contributed by atoms with Crippen LogP contribution in [0.1, 0.15) is 18.5 Å². The highest BCUT2D eigenvalue weighted by molar-refractivity contribution is 5.28. The molecule has 0 amide bonds. The van der Waals surface area contributed by atoms with E-state index in [2.05, 4.69) is 27.2 Å². The van der Waals surface area contributed by atoms with Crippen LogP contribution in [0.4, 0.5) is 5.95 Å². The molecule has 16 heavy (non-hydrogen) atoms. The third-order valence-electron chi connectivity index (χ3n) is 3.05. The Hall–Kier alpha value is -1.16. The zero-order chi connectivity index (χ0) is 11.4. The molecule has 1 saturated heterocycles. The molecule has 1 aliphatic heterocycles. The smallest absolute Gasteiger partial charge is 0.225 e. The molecule has 0 unspecified atom stereocenters. The summed E-state index contributed by atoms with van der Waals surface area (Å²) >= 11 is 0. The van der Waals surface area contributed by atoms with Gasteiger partial charge in [-0.2, -0.15) is 0 Å². The Balaban J connectivity index is 1.94. The molecule has 4 nitrogen and oxygen atoms in total. The predicted octanol–water partition coefficient (Wildman–Crippen LogP) is 1.22. The molecule has 1 atom stereocenters. The van der Waals surface area contributed by atoms with Crippen molar-refractivity contribution >= 4 is 5.95 Å². The van der Waals surface area contributed by atoms with Crippen LogP contribution in [0.15, 0.2) is 12.3 Å². The van der Waals surface area contributed by atoms with Gasteiger partial charge in [-0.3, -0.25) is 0 Å². The molecular formula is C12H20N4. The van der Waals surface area contributed by atoms with Crippen LogP contribution in [0.2, 0.25) is 0 Å². The van der Waals surface area contributed by atoms with E-state index in [1.54, 1.807) is 0 Å². The minimum atomic E-state index is 0.725. The highest BCUT2D eigenvalue weighted by Crippen LogP contribution is 2.14. The van der Waals surface area contributed by atoms with Crippen molar-refractivity contribution in [2.75, 3.05) is 31.6 Å². The summed E-state index contributed by atoms with van der Waals surface area (Å²) in [5.74, 6) is 1.56. The molecular weight excluding hydrogens is 200 g/mol. The Bertz CT molecular complexity index is 334. The van der Waals surface area contributed by atoms with Gasteiger partial charge in [0.25, 0.3) is 0 Å². The van der Waals surface area contributed by atoms with Gasteiger partial charge in [-0.05, 0) is 44.8 Å². The van der Waals surface area contributed by atoms with Gasteiger partial charge in [-0.1, -0.05) is 0 Å².